The van der Waals surface area contributed by atoms with Gasteiger partial charge in [-0.1, -0.05) is 0 Å². The highest BCUT2D eigenvalue weighted by Gasteiger charge is 2.29. The van der Waals surface area contributed by atoms with Crippen LogP contribution in [0.2, 0.25) is 0 Å². The second-order valence-corrected chi connectivity index (χ2v) is 7.95. The normalized spacial score (nSPS) is 15.4. The third-order valence-corrected chi connectivity index (χ3v) is 4.78. The number of benzene rings is 1. The summed E-state index contributed by atoms with van der Waals surface area (Å²) in [5.74, 6) is -0.0550. The monoisotopic (exact) mass is 375 g/mol. The minimum atomic E-state index is -0.497. The number of piperidine rings is 1. The molecule has 1 heterocycles. The molecule has 6 nitrogen and oxygen atoms in total. The van der Waals surface area contributed by atoms with Gasteiger partial charge in [-0.2, -0.15) is 0 Å². The minimum absolute atomic E-state index is 0.0226. The summed E-state index contributed by atoms with van der Waals surface area (Å²) in [5, 5.41) is 3.00. The Balaban J connectivity index is 1.85. The summed E-state index contributed by atoms with van der Waals surface area (Å²) in [6.45, 7) is 12.8. The Kier molecular flexibility index (Phi) is 7.11. The smallest absolute Gasteiger partial charge is 0.410 e. The number of carbonyl (C=O) groups excluding carboxylic acids is 2. The summed E-state index contributed by atoms with van der Waals surface area (Å²) in [6.07, 6.45) is 1.01. The van der Waals surface area contributed by atoms with Crippen molar-refractivity contribution in [1.29, 1.82) is 0 Å². The molecule has 2 rings (SSSR count). The van der Waals surface area contributed by atoms with Crippen molar-refractivity contribution in [2.75, 3.05) is 36.4 Å². The van der Waals surface area contributed by atoms with Crippen LogP contribution in [-0.4, -0.2) is 48.7 Å². The SMILES string of the molecule is CCN(CC)c1ccc(NC(=O)C2CCN(C(=O)OC(C)(C)C)CC2)cc1. The maximum absolute atomic E-state index is 12.5. The first-order chi connectivity index (χ1) is 12.7. The van der Waals surface area contributed by atoms with Crippen LogP contribution in [-0.2, 0) is 9.53 Å². The predicted octanol–water partition coefficient (Wildman–Crippen LogP) is 4.12. The molecule has 1 aliphatic rings. The summed E-state index contributed by atoms with van der Waals surface area (Å²) < 4.78 is 5.40. The van der Waals surface area contributed by atoms with Crippen molar-refractivity contribution in [3.63, 3.8) is 0 Å². The third-order valence-electron chi connectivity index (χ3n) is 4.78. The fourth-order valence-electron chi connectivity index (χ4n) is 3.24. The van der Waals surface area contributed by atoms with Crippen LogP contribution in [0.4, 0.5) is 16.2 Å². The Morgan fingerprint density at radius 3 is 2.15 bits per heavy atom. The summed E-state index contributed by atoms with van der Waals surface area (Å²) in [6, 6.07) is 7.96. The molecule has 150 valence electrons. The second-order valence-electron chi connectivity index (χ2n) is 7.95. The lowest BCUT2D eigenvalue weighted by Gasteiger charge is -2.33. The van der Waals surface area contributed by atoms with Crippen molar-refractivity contribution in [2.45, 2.75) is 53.1 Å². The van der Waals surface area contributed by atoms with E-state index in [1.54, 1.807) is 4.90 Å². The quantitative estimate of drug-likeness (QED) is 0.841. The van der Waals surface area contributed by atoms with Gasteiger partial charge in [-0.25, -0.2) is 4.79 Å². The van der Waals surface area contributed by atoms with E-state index >= 15 is 0 Å². The molecule has 1 saturated heterocycles. The van der Waals surface area contributed by atoms with Gasteiger partial charge in [0.1, 0.15) is 5.60 Å². The molecule has 1 fully saturated rings. The third kappa shape index (κ3) is 6.15. The molecule has 0 aromatic heterocycles. The molecule has 6 heteroatoms. The van der Waals surface area contributed by atoms with Gasteiger partial charge in [0, 0.05) is 43.5 Å². The van der Waals surface area contributed by atoms with E-state index < -0.39 is 5.60 Å². The van der Waals surface area contributed by atoms with Crippen LogP contribution in [0, 0.1) is 5.92 Å². The van der Waals surface area contributed by atoms with Gasteiger partial charge in [0.25, 0.3) is 0 Å². The van der Waals surface area contributed by atoms with Crippen LogP contribution in [0.15, 0.2) is 24.3 Å². The highest BCUT2D eigenvalue weighted by atomic mass is 16.6. The van der Waals surface area contributed by atoms with E-state index in [2.05, 4.69) is 24.1 Å². The highest BCUT2D eigenvalue weighted by molar-refractivity contribution is 5.92. The van der Waals surface area contributed by atoms with Crippen molar-refractivity contribution in [2.24, 2.45) is 5.92 Å². The van der Waals surface area contributed by atoms with Crippen LogP contribution in [0.25, 0.3) is 0 Å². The molecule has 1 aromatic carbocycles. The average Bonchev–Trinajstić information content (AvgIpc) is 2.63. The zero-order valence-corrected chi connectivity index (χ0v) is 17.2. The molecule has 27 heavy (non-hydrogen) atoms. The number of anilines is 2. The number of hydrogen-bond acceptors (Lipinski definition) is 4. The molecule has 0 bridgehead atoms. The largest absolute Gasteiger partial charge is 0.444 e. The number of amides is 2. The van der Waals surface area contributed by atoms with Gasteiger partial charge in [-0.3, -0.25) is 4.79 Å². The van der Waals surface area contributed by atoms with Crippen molar-refractivity contribution in [3.05, 3.63) is 24.3 Å². The number of nitrogens with zero attached hydrogens (tertiary/aromatic N) is 2. The molecule has 1 aromatic rings. The molecule has 0 unspecified atom stereocenters. The van der Waals surface area contributed by atoms with E-state index in [9.17, 15) is 9.59 Å². The topological polar surface area (TPSA) is 61.9 Å². The molecule has 0 aliphatic carbocycles. The fourth-order valence-corrected chi connectivity index (χ4v) is 3.24. The molecule has 0 atom stereocenters. The average molecular weight is 376 g/mol. The van der Waals surface area contributed by atoms with E-state index in [0.717, 1.165) is 24.5 Å². The van der Waals surface area contributed by atoms with Crippen molar-refractivity contribution < 1.29 is 14.3 Å². The minimum Gasteiger partial charge on any atom is -0.444 e. The number of hydrogen-bond donors (Lipinski definition) is 1. The van der Waals surface area contributed by atoms with Gasteiger partial charge >= 0.3 is 6.09 Å². The molecule has 0 spiro atoms. The predicted molar refractivity (Wildman–Crippen MR) is 109 cm³/mol. The summed E-state index contributed by atoms with van der Waals surface area (Å²) in [5.41, 5.74) is 1.47. The van der Waals surface area contributed by atoms with E-state index in [4.69, 9.17) is 4.74 Å². The molecule has 1 aliphatic heterocycles. The summed E-state index contributed by atoms with van der Waals surface area (Å²) >= 11 is 0. The maximum atomic E-state index is 12.5. The molecule has 2 amide bonds. The number of nitrogens with one attached hydrogen (secondary N) is 1. The molecule has 0 radical (unpaired) electrons. The first-order valence-electron chi connectivity index (χ1n) is 9.87. The van der Waals surface area contributed by atoms with E-state index in [-0.39, 0.29) is 17.9 Å². The van der Waals surface area contributed by atoms with Gasteiger partial charge < -0.3 is 19.9 Å². The van der Waals surface area contributed by atoms with Crippen molar-refractivity contribution >= 4 is 23.4 Å². The number of ether oxygens (including phenoxy) is 1. The van der Waals surface area contributed by atoms with Gasteiger partial charge in [0.15, 0.2) is 0 Å². The lowest BCUT2D eigenvalue weighted by Crippen LogP contribution is -2.43. The van der Waals surface area contributed by atoms with Gasteiger partial charge in [-0.15, -0.1) is 0 Å². The molecule has 1 N–H and O–H groups in total. The Labute approximate surface area is 162 Å². The zero-order chi connectivity index (χ0) is 20.0. The van der Waals surface area contributed by atoms with Crippen LogP contribution in [0.5, 0.6) is 0 Å². The standard InChI is InChI=1S/C21H33N3O3/c1-6-23(7-2)18-10-8-17(9-11-18)22-19(25)16-12-14-24(15-13-16)20(26)27-21(3,4)5/h8-11,16H,6-7,12-15H2,1-5H3,(H,22,25). The van der Waals surface area contributed by atoms with E-state index in [1.165, 1.54) is 0 Å². The molecule has 0 saturated carbocycles. The fraction of sp³-hybridized carbons (Fsp3) is 0.619. The van der Waals surface area contributed by atoms with Crippen molar-refractivity contribution in [1.82, 2.24) is 4.90 Å². The Morgan fingerprint density at radius 1 is 1.11 bits per heavy atom. The highest BCUT2D eigenvalue weighted by Crippen LogP contribution is 2.23. The van der Waals surface area contributed by atoms with Crippen LogP contribution < -0.4 is 10.2 Å². The molecular formula is C21H33N3O3. The van der Waals surface area contributed by atoms with E-state index in [1.807, 2.05) is 45.0 Å². The lowest BCUT2D eigenvalue weighted by molar-refractivity contribution is -0.121. The van der Waals surface area contributed by atoms with Gasteiger partial charge in [0.05, 0.1) is 0 Å². The number of likely N-dealkylation sites (tertiary alicyclic amines) is 1. The number of carbonyl (C=O) groups is 2. The maximum Gasteiger partial charge on any atom is 0.410 e. The summed E-state index contributed by atoms with van der Waals surface area (Å²) in [7, 11) is 0. The van der Waals surface area contributed by atoms with Crippen LogP contribution >= 0.6 is 0 Å². The van der Waals surface area contributed by atoms with Crippen molar-refractivity contribution in [3.8, 4) is 0 Å². The Morgan fingerprint density at radius 2 is 1.67 bits per heavy atom. The zero-order valence-electron chi connectivity index (χ0n) is 17.2. The van der Waals surface area contributed by atoms with Crippen LogP contribution in [0.3, 0.4) is 0 Å². The van der Waals surface area contributed by atoms with Gasteiger partial charge in [0.2, 0.25) is 5.91 Å². The summed E-state index contributed by atoms with van der Waals surface area (Å²) in [4.78, 5) is 28.6. The van der Waals surface area contributed by atoms with E-state index in [0.29, 0.717) is 25.9 Å². The van der Waals surface area contributed by atoms with Gasteiger partial charge in [-0.05, 0) is 71.7 Å². The Bertz CT molecular complexity index is 625. The Hall–Kier alpha value is -2.24. The first kappa shape index (κ1) is 21.1. The lowest BCUT2D eigenvalue weighted by atomic mass is 9.96. The van der Waals surface area contributed by atoms with Crippen LogP contribution in [0.1, 0.15) is 47.5 Å². The molecular weight excluding hydrogens is 342 g/mol. The first-order valence-corrected chi connectivity index (χ1v) is 9.87. The second kappa shape index (κ2) is 9.11. The number of rotatable bonds is 5.